The molecule has 6 nitrogen and oxygen atoms in total. The second-order valence-corrected chi connectivity index (χ2v) is 9.40. The van der Waals surface area contributed by atoms with Crippen LogP contribution in [-0.4, -0.2) is 39.3 Å². The third kappa shape index (κ3) is 6.04. The lowest BCUT2D eigenvalue weighted by atomic mass is 10.1. The Kier molecular flexibility index (Phi) is 7.65. The Morgan fingerprint density at radius 2 is 1.74 bits per heavy atom. The Hall–Kier alpha value is -3.16. The molecule has 7 heteroatoms. The minimum atomic E-state index is -1.13. The van der Waals surface area contributed by atoms with Crippen LogP contribution in [-0.2, 0) is 11.3 Å². The van der Waals surface area contributed by atoms with Crippen molar-refractivity contribution in [2.24, 2.45) is 0 Å². The molecule has 0 bridgehead atoms. The molecular formula is C27H29NO5S. The van der Waals surface area contributed by atoms with Gasteiger partial charge in [-0.25, -0.2) is 0 Å². The van der Waals surface area contributed by atoms with Gasteiger partial charge in [0.15, 0.2) is 0 Å². The van der Waals surface area contributed by atoms with E-state index in [1.165, 1.54) is 0 Å². The number of unbranched alkanes of at least 4 members (excludes halogenated alkanes) is 2. The summed E-state index contributed by atoms with van der Waals surface area (Å²) in [6, 6.07) is 17.1. The van der Waals surface area contributed by atoms with Crippen molar-refractivity contribution in [3.05, 3.63) is 76.5 Å². The van der Waals surface area contributed by atoms with Gasteiger partial charge in [-0.1, -0.05) is 30.3 Å². The highest BCUT2D eigenvalue weighted by atomic mass is 32.1. The van der Waals surface area contributed by atoms with Gasteiger partial charge in [0.05, 0.1) is 13.2 Å². The maximum atomic E-state index is 13.4. The quantitative estimate of drug-likeness (QED) is 0.262. The van der Waals surface area contributed by atoms with Gasteiger partial charge in [0.25, 0.3) is 5.91 Å². The fourth-order valence-corrected chi connectivity index (χ4v) is 4.53. The number of ether oxygens (including phenoxy) is 1. The minimum Gasteiger partial charge on any atom is -0.493 e. The molecule has 1 amide bonds. The van der Waals surface area contributed by atoms with Crippen molar-refractivity contribution in [3.63, 3.8) is 0 Å². The van der Waals surface area contributed by atoms with Gasteiger partial charge in [-0.2, -0.15) is 11.3 Å². The molecule has 0 unspecified atom stereocenters. The first-order valence-corrected chi connectivity index (χ1v) is 12.5. The highest BCUT2D eigenvalue weighted by Crippen LogP contribution is 2.41. The van der Waals surface area contributed by atoms with Gasteiger partial charge in [-0.15, -0.1) is 0 Å². The summed E-state index contributed by atoms with van der Waals surface area (Å²) in [5.41, 5.74) is 2.41. The number of aliphatic carboxylic acids is 1. The van der Waals surface area contributed by atoms with E-state index in [0.29, 0.717) is 37.2 Å². The highest BCUT2D eigenvalue weighted by molar-refractivity contribution is 7.08. The topological polar surface area (TPSA) is 87.1 Å². The molecule has 1 fully saturated rings. The van der Waals surface area contributed by atoms with Crippen molar-refractivity contribution >= 4 is 23.2 Å². The summed E-state index contributed by atoms with van der Waals surface area (Å²) in [7, 11) is 0. The Balaban J connectivity index is 1.43. The third-order valence-corrected chi connectivity index (χ3v) is 6.71. The molecule has 4 rings (SSSR count). The van der Waals surface area contributed by atoms with Crippen molar-refractivity contribution < 1.29 is 24.5 Å². The van der Waals surface area contributed by atoms with Gasteiger partial charge in [0.1, 0.15) is 11.5 Å². The van der Waals surface area contributed by atoms with Crippen LogP contribution in [0, 0.1) is 0 Å². The van der Waals surface area contributed by atoms with Crippen LogP contribution in [0.1, 0.15) is 54.4 Å². The summed E-state index contributed by atoms with van der Waals surface area (Å²) in [5, 5.41) is 23.7. The maximum absolute atomic E-state index is 13.4. The van der Waals surface area contributed by atoms with E-state index >= 15 is 0 Å². The molecule has 0 aliphatic heterocycles. The van der Waals surface area contributed by atoms with E-state index in [4.69, 9.17) is 9.84 Å². The number of hydrogen-bond donors (Lipinski definition) is 2. The smallest absolute Gasteiger partial charge is 0.303 e. The standard InChI is InChI=1S/C27H29NO5S/c29-25(30)8-2-1-5-16-33-24-7-4-3-6-22(24)18-28(27(32)14-15-27)26(31)21-11-9-20(10-12-21)23-13-17-34-19-23/h3-4,6-7,9-13,17,19,32H,1-2,5,8,14-16,18H2,(H,29,30). The molecule has 1 aromatic heterocycles. The molecule has 0 saturated heterocycles. The molecule has 2 aromatic carbocycles. The van der Waals surface area contributed by atoms with Gasteiger partial charge in [0, 0.05) is 17.5 Å². The summed E-state index contributed by atoms with van der Waals surface area (Å²) < 4.78 is 5.95. The molecule has 2 N–H and O–H groups in total. The maximum Gasteiger partial charge on any atom is 0.303 e. The SMILES string of the molecule is O=C(O)CCCCCOc1ccccc1CN(C(=O)c1ccc(-c2ccsc2)cc1)C1(O)CC1. The first-order valence-electron chi connectivity index (χ1n) is 11.6. The molecule has 0 spiro atoms. The number of carboxylic acid groups (broad SMARTS) is 1. The highest BCUT2D eigenvalue weighted by Gasteiger charge is 2.49. The average molecular weight is 480 g/mol. The van der Waals surface area contributed by atoms with Gasteiger partial charge in [-0.05, 0) is 78.3 Å². The summed E-state index contributed by atoms with van der Waals surface area (Å²) in [6.45, 7) is 0.718. The molecule has 178 valence electrons. The van der Waals surface area contributed by atoms with Gasteiger partial charge in [0.2, 0.25) is 0 Å². The molecule has 0 atom stereocenters. The number of hydrogen-bond acceptors (Lipinski definition) is 5. The van der Waals surface area contributed by atoms with E-state index in [2.05, 4.69) is 5.38 Å². The monoisotopic (exact) mass is 479 g/mol. The Morgan fingerprint density at radius 1 is 0.971 bits per heavy atom. The zero-order valence-corrected chi connectivity index (χ0v) is 19.8. The molecule has 1 saturated carbocycles. The number of carboxylic acids is 1. The summed E-state index contributed by atoms with van der Waals surface area (Å²) in [5.74, 6) is -0.314. The largest absolute Gasteiger partial charge is 0.493 e. The summed E-state index contributed by atoms with van der Waals surface area (Å²) >= 11 is 1.63. The van der Waals surface area contributed by atoms with Gasteiger partial charge in [-0.3, -0.25) is 9.59 Å². The third-order valence-electron chi connectivity index (χ3n) is 6.02. The van der Waals surface area contributed by atoms with E-state index in [-0.39, 0.29) is 18.9 Å². The number of amides is 1. The number of carbonyl (C=O) groups excluding carboxylic acids is 1. The van der Waals surface area contributed by atoms with Crippen LogP contribution in [0.25, 0.3) is 11.1 Å². The first-order chi connectivity index (χ1) is 16.5. The van der Waals surface area contributed by atoms with Crippen LogP contribution in [0.2, 0.25) is 0 Å². The molecule has 1 heterocycles. The van der Waals surface area contributed by atoms with E-state index < -0.39 is 11.7 Å². The van der Waals surface area contributed by atoms with Crippen LogP contribution in [0.5, 0.6) is 5.75 Å². The van der Waals surface area contributed by atoms with Crippen LogP contribution in [0.15, 0.2) is 65.4 Å². The first kappa shape index (κ1) is 24.0. The minimum absolute atomic E-state index is 0.167. The number of nitrogens with zero attached hydrogens (tertiary/aromatic N) is 1. The second kappa shape index (κ2) is 10.8. The van der Waals surface area contributed by atoms with Crippen molar-refractivity contribution in [1.29, 1.82) is 0 Å². The number of aliphatic hydroxyl groups is 1. The Bertz CT molecular complexity index is 1110. The number of thiophene rings is 1. The molecule has 1 aliphatic rings. The summed E-state index contributed by atoms with van der Waals surface area (Å²) in [6.07, 6.45) is 3.43. The predicted octanol–water partition coefficient (Wildman–Crippen LogP) is 5.56. The van der Waals surface area contributed by atoms with Crippen molar-refractivity contribution in [3.8, 4) is 16.9 Å². The van der Waals surface area contributed by atoms with Crippen LogP contribution < -0.4 is 4.74 Å². The van der Waals surface area contributed by atoms with Crippen LogP contribution in [0.4, 0.5) is 0 Å². The van der Waals surface area contributed by atoms with Crippen molar-refractivity contribution in [2.45, 2.75) is 50.8 Å². The van der Waals surface area contributed by atoms with E-state index in [0.717, 1.165) is 29.5 Å². The lowest BCUT2D eigenvalue weighted by Crippen LogP contribution is -2.41. The lowest BCUT2D eigenvalue weighted by molar-refractivity contribution is -0.137. The average Bonchev–Trinajstić information content (AvgIpc) is 3.35. The molecule has 34 heavy (non-hydrogen) atoms. The van der Waals surface area contributed by atoms with E-state index in [1.54, 1.807) is 16.2 Å². The predicted molar refractivity (Wildman–Crippen MR) is 132 cm³/mol. The molecular weight excluding hydrogens is 450 g/mol. The van der Waals surface area contributed by atoms with E-state index in [9.17, 15) is 14.7 Å². The Labute approximate surface area is 203 Å². The number of para-hydroxylation sites is 1. The number of rotatable bonds is 12. The molecule has 0 radical (unpaired) electrons. The summed E-state index contributed by atoms with van der Waals surface area (Å²) in [4.78, 5) is 25.6. The zero-order chi connectivity index (χ0) is 24.0. The van der Waals surface area contributed by atoms with Crippen molar-refractivity contribution in [2.75, 3.05) is 6.61 Å². The molecule has 3 aromatic rings. The van der Waals surface area contributed by atoms with Gasteiger partial charge >= 0.3 is 5.97 Å². The normalized spacial score (nSPS) is 13.9. The Morgan fingerprint density at radius 3 is 2.41 bits per heavy atom. The van der Waals surface area contributed by atoms with E-state index in [1.807, 2.05) is 60.0 Å². The van der Waals surface area contributed by atoms with Crippen molar-refractivity contribution in [1.82, 2.24) is 4.90 Å². The zero-order valence-electron chi connectivity index (χ0n) is 19.0. The van der Waals surface area contributed by atoms with Crippen LogP contribution >= 0.6 is 11.3 Å². The number of carbonyl (C=O) groups is 2. The molecule has 1 aliphatic carbocycles. The fourth-order valence-electron chi connectivity index (χ4n) is 3.86. The van der Waals surface area contributed by atoms with Gasteiger partial charge < -0.3 is 19.8 Å². The van der Waals surface area contributed by atoms with Crippen LogP contribution in [0.3, 0.4) is 0 Å². The fraction of sp³-hybridized carbons (Fsp3) is 0.333. The number of benzene rings is 2. The second-order valence-electron chi connectivity index (χ2n) is 8.62. The lowest BCUT2D eigenvalue weighted by Gasteiger charge is -2.29.